The molecule has 0 aliphatic heterocycles. The van der Waals surface area contributed by atoms with Gasteiger partial charge in [-0.05, 0) is 30.5 Å². The smallest absolute Gasteiger partial charge is 0.253 e. The molecule has 4 N–H and O–H groups in total. The van der Waals surface area contributed by atoms with E-state index in [0.29, 0.717) is 29.4 Å². The predicted octanol–water partition coefficient (Wildman–Crippen LogP) is 1.75. The maximum atomic E-state index is 12.3. The number of rotatable bonds is 6. The van der Waals surface area contributed by atoms with E-state index in [1.807, 2.05) is 12.3 Å². The first kappa shape index (κ1) is 19.4. The third-order valence-corrected chi connectivity index (χ3v) is 5.85. The number of H-pyrrole nitrogens is 1. The Bertz CT molecular complexity index is 1380. The van der Waals surface area contributed by atoms with Gasteiger partial charge in [-0.1, -0.05) is 17.8 Å². The lowest BCUT2D eigenvalue weighted by Gasteiger charge is -2.11. The zero-order chi connectivity index (χ0) is 20.6. The molecule has 0 aliphatic rings. The van der Waals surface area contributed by atoms with Gasteiger partial charge in [-0.3, -0.25) is 9.36 Å². The molecule has 0 bridgehead atoms. The van der Waals surface area contributed by atoms with E-state index in [9.17, 15) is 13.2 Å². The molecule has 0 amide bonds. The number of thioether (sulfide) groups is 1. The van der Waals surface area contributed by atoms with Gasteiger partial charge in [-0.25, -0.2) is 23.5 Å². The number of nitrogens with one attached hydrogen (secondary N) is 2. The highest BCUT2D eigenvalue weighted by atomic mass is 32.2. The van der Waals surface area contributed by atoms with Gasteiger partial charge in [0.1, 0.15) is 10.7 Å². The van der Waals surface area contributed by atoms with Crippen molar-refractivity contribution >= 4 is 49.4 Å². The SMILES string of the molecule is CSc1ncc2ccc(=O)n(CCNc3ccc4cc(S(N)(=O)=O)[nH]c4c3)c2n1. The number of primary sulfonamides is 1. The number of pyridine rings is 1. The molecule has 1 aromatic carbocycles. The van der Waals surface area contributed by atoms with E-state index in [-0.39, 0.29) is 10.6 Å². The average molecular weight is 431 g/mol. The zero-order valence-electron chi connectivity index (χ0n) is 15.4. The van der Waals surface area contributed by atoms with E-state index in [0.717, 1.165) is 16.5 Å². The van der Waals surface area contributed by atoms with E-state index in [2.05, 4.69) is 20.3 Å². The number of hydrogen-bond donors (Lipinski definition) is 3. The van der Waals surface area contributed by atoms with Crippen LogP contribution in [-0.4, -0.2) is 40.7 Å². The number of aromatic amines is 1. The van der Waals surface area contributed by atoms with Crippen LogP contribution in [0.25, 0.3) is 21.9 Å². The molecule has 0 spiro atoms. The van der Waals surface area contributed by atoms with Gasteiger partial charge in [0.25, 0.3) is 15.6 Å². The van der Waals surface area contributed by atoms with Crippen LogP contribution in [0.5, 0.6) is 0 Å². The van der Waals surface area contributed by atoms with Gasteiger partial charge in [0, 0.05) is 47.3 Å². The minimum Gasteiger partial charge on any atom is -0.383 e. The highest BCUT2D eigenvalue weighted by Gasteiger charge is 2.12. The molecule has 0 saturated heterocycles. The Balaban J connectivity index is 1.56. The molecule has 29 heavy (non-hydrogen) atoms. The van der Waals surface area contributed by atoms with Gasteiger partial charge in [0.05, 0.1) is 0 Å². The van der Waals surface area contributed by atoms with Crippen LogP contribution in [0.4, 0.5) is 5.69 Å². The number of aromatic nitrogens is 4. The first-order valence-electron chi connectivity index (χ1n) is 8.65. The maximum Gasteiger partial charge on any atom is 0.253 e. The van der Waals surface area contributed by atoms with Crippen molar-refractivity contribution in [1.29, 1.82) is 0 Å². The van der Waals surface area contributed by atoms with Crippen molar-refractivity contribution < 1.29 is 8.42 Å². The molecule has 0 unspecified atom stereocenters. The number of sulfonamides is 1. The topological polar surface area (TPSA) is 136 Å². The molecular weight excluding hydrogens is 412 g/mol. The van der Waals surface area contributed by atoms with Crippen LogP contribution < -0.4 is 16.0 Å². The van der Waals surface area contributed by atoms with E-state index < -0.39 is 10.0 Å². The van der Waals surface area contributed by atoms with Gasteiger partial charge >= 0.3 is 0 Å². The summed E-state index contributed by atoms with van der Waals surface area (Å²) >= 11 is 1.42. The van der Waals surface area contributed by atoms with Gasteiger partial charge in [-0.2, -0.15) is 0 Å². The van der Waals surface area contributed by atoms with Crippen LogP contribution in [0.1, 0.15) is 0 Å². The standard InChI is InChI=1S/C18H18N6O3S2/c1-28-18-21-10-12-3-5-16(25)24(17(12)23-18)7-6-20-13-4-2-11-8-15(29(19,26)27)22-14(11)9-13/h2-5,8-10,20,22H,6-7H2,1H3,(H2,19,26,27). The highest BCUT2D eigenvalue weighted by Crippen LogP contribution is 2.21. The van der Waals surface area contributed by atoms with Gasteiger partial charge in [-0.15, -0.1) is 0 Å². The van der Waals surface area contributed by atoms with Crippen molar-refractivity contribution in [3.63, 3.8) is 0 Å². The van der Waals surface area contributed by atoms with E-state index in [4.69, 9.17) is 5.14 Å². The summed E-state index contributed by atoms with van der Waals surface area (Å²) in [4.78, 5) is 23.8. The van der Waals surface area contributed by atoms with Crippen LogP contribution in [0.2, 0.25) is 0 Å². The monoisotopic (exact) mass is 430 g/mol. The molecule has 3 heterocycles. The Kier molecular flexibility index (Phi) is 5.03. The zero-order valence-corrected chi connectivity index (χ0v) is 17.0. The summed E-state index contributed by atoms with van der Waals surface area (Å²) in [6, 6.07) is 10.1. The van der Waals surface area contributed by atoms with Crippen molar-refractivity contribution in [3.8, 4) is 0 Å². The molecular formula is C18H18N6O3S2. The summed E-state index contributed by atoms with van der Waals surface area (Å²) in [5.41, 5.74) is 1.89. The van der Waals surface area contributed by atoms with Gasteiger partial charge in [0.2, 0.25) is 0 Å². The highest BCUT2D eigenvalue weighted by molar-refractivity contribution is 7.98. The minimum atomic E-state index is -3.79. The normalized spacial score (nSPS) is 11.9. The van der Waals surface area contributed by atoms with E-state index in [1.54, 1.807) is 29.0 Å². The molecule has 9 nitrogen and oxygen atoms in total. The number of hydrogen-bond acceptors (Lipinski definition) is 7. The second kappa shape index (κ2) is 7.50. The quantitative estimate of drug-likeness (QED) is 0.313. The summed E-state index contributed by atoms with van der Waals surface area (Å²) in [7, 11) is -3.79. The second-order valence-corrected chi connectivity index (χ2v) is 8.67. The fraction of sp³-hybridized carbons (Fsp3) is 0.167. The number of anilines is 1. The molecule has 0 aliphatic carbocycles. The van der Waals surface area contributed by atoms with E-state index in [1.165, 1.54) is 23.9 Å². The van der Waals surface area contributed by atoms with Gasteiger partial charge in [0.15, 0.2) is 5.16 Å². The second-order valence-electron chi connectivity index (χ2n) is 6.37. The first-order valence-corrected chi connectivity index (χ1v) is 11.4. The molecule has 4 aromatic rings. The largest absolute Gasteiger partial charge is 0.383 e. The molecule has 0 atom stereocenters. The van der Waals surface area contributed by atoms with Crippen LogP contribution >= 0.6 is 11.8 Å². The summed E-state index contributed by atoms with van der Waals surface area (Å²) in [5, 5.41) is 10.5. The third kappa shape index (κ3) is 3.97. The third-order valence-electron chi connectivity index (χ3n) is 4.45. The lowest BCUT2D eigenvalue weighted by molar-refractivity contribution is 0.595. The van der Waals surface area contributed by atoms with Crippen molar-refractivity contribution in [3.05, 3.63) is 52.9 Å². The molecule has 150 valence electrons. The number of benzene rings is 1. The molecule has 0 saturated carbocycles. The Morgan fingerprint density at radius 3 is 2.76 bits per heavy atom. The molecule has 0 radical (unpaired) electrons. The van der Waals surface area contributed by atoms with Crippen LogP contribution in [0.3, 0.4) is 0 Å². The summed E-state index contributed by atoms with van der Waals surface area (Å²) in [6.07, 6.45) is 3.59. The molecule has 11 heteroatoms. The minimum absolute atomic E-state index is 0.0313. The maximum absolute atomic E-state index is 12.3. The van der Waals surface area contributed by atoms with Crippen molar-refractivity contribution in [1.82, 2.24) is 19.5 Å². The number of nitrogens with zero attached hydrogens (tertiary/aromatic N) is 3. The predicted molar refractivity (Wildman–Crippen MR) is 114 cm³/mol. The summed E-state index contributed by atoms with van der Waals surface area (Å²) in [6.45, 7) is 0.887. The van der Waals surface area contributed by atoms with Gasteiger partial charge < -0.3 is 10.3 Å². The molecule has 4 rings (SSSR count). The van der Waals surface area contributed by atoms with Crippen LogP contribution in [0.15, 0.2) is 57.6 Å². The van der Waals surface area contributed by atoms with Crippen molar-refractivity contribution in [2.24, 2.45) is 5.14 Å². The number of nitrogens with two attached hydrogens (primary N) is 1. The van der Waals surface area contributed by atoms with E-state index >= 15 is 0 Å². The Morgan fingerprint density at radius 1 is 1.21 bits per heavy atom. The Labute approximate surface area is 170 Å². The first-order chi connectivity index (χ1) is 13.8. The van der Waals surface area contributed by atoms with Crippen LogP contribution in [0, 0.1) is 0 Å². The molecule has 0 fully saturated rings. The van der Waals surface area contributed by atoms with Crippen molar-refractivity contribution in [2.45, 2.75) is 16.7 Å². The van der Waals surface area contributed by atoms with Crippen molar-refractivity contribution in [2.75, 3.05) is 18.1 Å². The summed E-state index contributed by atoms with van der Waals surface area (Å²) in [5.74, 6) is 0. The fourth-order valence-electron chi connectivity index (χ4n) is 3.05. The summed E-state index contributed by atoms with van der Waals surface area (Å²) < 4.78 is 24.6. The number of fused-ring (bicyclic) bond motifs is 2. The lowest BCUT2D eigenvalue weighted by atomic mass is 10.2. The Hall–Kier alpha value is -2.89. The molecule has 3 aromatic heterocycles. The fourth-order valence-corrected chi connectivity index (χ4v) is 3.93. The lowest BCUT2D eigenvalue weighted by Crippen LogP contribution is -2.24. The Morgan fingerprint density at radius 2 is 2.00 bits per heavy atom. The average Bonchev–Trinajstić information content (AvgIpc) is 3.13. The van der Waals surface area contributed by atoms with Crippen LogP contribution in [-0.2, 0) is 16.6 Å².